The maximum Gasteiger partial charge on any atom is 0.314 e. The molecule has 2 aromatic carbocycles. The molecule has 158 valence electrons. The minimum absolute atomic E-state index is 0.0673. The van der Waals surface area contributed by atoms with E-state index in [1.165, 1.54) is 24.1 Å². The average molecular weight is 414 g/mol. The number of nitro benzene ring substituents is 1. The number of carbonyl (C=O) groups is 2. The van der Waals surface area contributed by atoms with Gasteiger partial charge in [-0.25, -0.2) is 0 Å². The lowest BCUT2D eigenvalue weighted by Crippen LogP contribution is -2.51. The third-order valence-corrected chi connectivity index (χ3v) is 4.83. The molecule has 0 saturated carbocycles. The first-order valence-electron chi connectivity index (χ1n) is 9.25. The van der Waals surface area contributed by atoms with Gasteiger partial charge in [-0.1, -0.05) is 12.1 Å². The van der Waals surface area contributed by atoms with Crippen LogP contribution < -0.4 is 19.7 Å². The van der Waals surface area contributed by atoms with Gasteiger partial charge in [0.15, 0.2) is 0 Å². The van der Waals surface area contributed by atoms with Gasteiger partial charge in [-0.05, 0) is 18.2 Å². The topological polar surface area (TPSA) is 114 Å². The minimum Gasteiger partial charge on any atom is -0.495 e. The quantitative estimate of drug-likeness (QED) is 0.451. The van der Waals surface area contributed by atoms with E-state index in [-0.39, 0.29) is 17.1 Å². The zero-order chi connectivity index (χ0) is 21.7. The molecular weight excluding hydrogens is 392 g/mol. The molecule has 10 heteroatoms. The Morgan fingerprint density at radius 2 is 1.67 bits per heavy atom. The molecule has 0 atom stereocenters. The number of benzene rings is 2. The Morgan fingerprint density at radius 3 is 2.30 bits per heavy atom. The van der Waals surface area contributed by atoms with Crippen molar-refractivity contribution in [3.05, 3.63) is 52.6 Å². The van der Waals surface area contributed by atoms with Crippen LogP contribution in [-0.4, -0.2) is 62.0 Å². The van der Waals surface area contributed by atoms with Crippen LogP contribution in [0.15, 0.2) is 42.5 Å². The lowest BCUT2D eigenvalue weighted by atomic mass is 10.2. The molecular formula is C20H22N4O6. The highest BCUT2D eigenvalue weighted by molar-refractivity contribution is 6.39. The molecule has 1 aliphatic heterocycles. The summed E-state index contributed by atoms with van der Waals surface area (Å²) in [5, 5.41) is 13.4. The summed E-state index contributed by atoms with van der Waals surface area (Å²) >= 11 is 0. The fourth-order valence-corrected chi connectivity index (χ4v) is 3.27. The number of piperazine rings is 1. The molecule has 1 heterocycles. The van der Waals surface area contributed by atoms with Crippen LogP contribution in [0.25, 0.3) is 0 Å². The van der Waals surface area contributed by atoms with Crippen molar-refractivity contribution in [2.75, 3.05) is 50.6 Å². The van der Waals surface area contributed by atoms with Crippen LogP contribution >= 0.6 is 0 Å². The van der Waals surface area contributed by atoms with Gasteiger partial charge in [-0.3, -0.25) is 19.7 Å². The number of carbonyl (C=O) groups excluding carboxylic acids is 2. The molecule has 10 nitrogen and oxygen atoms in total. The first-order valence-corrected chi connectivity index (χ1v) is 9.25. The van der Waals surface area contributed by atoms with E-state index in [0.29, 0.717) is 26.2 Å². The number of hydrogen-bond donors (Lipinski definition) is 1. The van der Waals surface area contributed by atoms with Crippen molar-refractivity contribution in [3.8, 4) is 11.5 Å². The highest BCUT2D eigenvalue weighted by Gasteiger charge is 2.28. The van der Waals surface area contributed by atoms with Crippen LogP contribution in [-0.2, 0) is 9.59 Å². The van der Waals surface area contributed by atoms with E-state index in [2.05, 4.69) is 10.2 Å². The van der Waals surface area contributed by atoms with Crippen molar-refractivity contribution in [1.29, 1.82) is 0 Å². The Hall–Kier alpha value is -3.82. The molecule has 1 N–H and O–H groups in total. The first-order chi connectivity index (χ1) is 14.4. The van der Waals surface area contributed by atoms with E-state index in [0.717, 1.165) is 17.5 Å². The fraction of sp³-hybridized carbons (Fsp3) is 0.300. The summed E-state index contributed by atoms with van der Waals surface area (Å²) in [6, 6.07) is 11.4. The Balaban J connectivity index is 1.65. The maximum absolute atomic E-state index is 12.6. The molecule has 2 aromatic rings. The monoisotopic (exact) mass is 414 g/mol. The Bertz CT molecular complexity index is 956. The van der Waals surface area contributed by atoms with Crippen molar-refractivity contribution in [2.24, 2.45) is 0 Å². The second-order valence-electron chi connectivity index (χ2n) is 6.55. The summed E-state index contributed by atoms with van der Waals surface area (Å²) < 4.78 is 10.5. The van der Waals surface area contributed by atoms with Crippen LogP contribution in [0.5, 0.6) is 11.5 Å². The van der Waals surface area contributed by atoms with Crippen LogP contribution in [0.3, 0.4) is 0 Å². The van der Waals surface area contributed by atoms with Crippen molar-refractivity contribution < 1.29 is 24.0 Å². The van der Waals surface area contributed by atoms with Gasteiger partial charge in [-0.15, -0.1) is 0 Å². The zero-order valence-electron chi connectivity index (χ0n) is 16.7. The first kappa shape index (κ1) is 20.9. The van der Waals surface area contributed by atoms with E-state index in [9.17, 15) is 19.7 Å². The molecule has 30 heavy (non-hydrogen) atoms. The van der Waals surface area contributed by atoms with Crippen LogP contribution in [0.1, 0.15) is 0 Å². The van der Waals surface area contributed by atoms with Crippen LogP contribution in [0, 0.1) is 10.1 Å². The third-order valence-electron chi connectivity index (χ3n) is 4.83. The third kappa shape index (κ3) is 4.43. The van der Waals surface area contributed by atoms with Crippen molar-refractivity contribution in [1.82, 2.24) is 4.90 Å². The predicted octanol–water partition coefficient (Wildman–Crippen LogP) is 1.90. The van der Waals surface area contributed by atoms with Gasteiger partial charge in [0.25, 0.3) is 5.69 Å². The number of non-ortho nitro benzene ring substituents is 1. The second kappa shape index (κ2) is 9.12. The summed E-state index contributed by atoms with van der Waals surface area (Å²) in [6.45, 7) is 1.80. The van der Waals surface area contributed by atoms with Gasteiger partial charge in [0.2, 0.25) is 0 Å². The number of anilines is 2. The highest BCUT2D eigenvalue weighted by Crippen LogP contribution is 2.30. The average Bonchev–Trinajstić information content (AvgIpc) is 2.78. The largest absolute Gasteiger partial charge is 0.495 e. The molecule has 3 rings (SSSR count). The van der Waals surface area contributed by atoms with E-state index in [1.54, 1.807) is 7.11 Å². The molecule has 0 radical (unpaired) electrons. The number of methoxy groups -OCH3 is 2. The summed E-state index contributed by atoms with van der Waals surface area (Å²) in [7, 11) is 2.97. The number of hydrogen-bond acceptors (Lipinski definition) is 7. The number of ether oxygens (including phenoxy) is 2. The Labute approximate surface area is 173 Å². The zero-order valence-corrected chi connectivity index (χ0v) is 16.7. The lowest BCUT2D eigenvalue weighted by Gasteiger charge is -2.36. The van der Waals surface area contributed by atoms with Gasteiger partial charge in [-0.2, -0.15) is 0 Å². The molecule has 0 spiro atoms. The van der Waals surface area contributed by atoms with Gasteiger partial charge < -0.3 is 24.6 Å². The Morgan fingerprint density at radius 1 is 1.00 bits per heavy atom. The number of para-hydroxylation sites is 2. The molecule has 1 saturated heterocycles. The number of rotatable bonds is 5. The van der Waals surface area contributed by atoms with Crippen molar-refractivity contribution in [2.45, 2.75) is 0 Å². The molecule has 0 aliphatic carbocycles. The SMILES string of the molecule is COc1ccc([N+](=O)[O-])cc1NC(=O)C(=O)N1CCN(c2ccccc2OC)CC1. The standard InChI is InChI=1S/C20H22N4O6/c1-29-17-8-7-14(24(27)28)13-15(17)21-19(25)20(26)23-11-9-22(10-12-23)16-5-3-4-6-18(16)30-2/h3-8,13H,9-12H2,1-2H3,(H,21,25). The van der Waals surface area contributed by atoms with E-state index < -0.39 is 16.7 Å². The summed E-state index contributed by atoms with van der Waals surface area (Å²) in [4.78, 5) is 39.0. The van der Waals surface area contributed by atoms with E-state index in [1.807, 2.05) is 24.3 Å². The number of nitrogens with one attached hydrogen (secondary N) is 1. The Kier molecular flexibility index (Phi) is 6.35. The molecule has 1 fully saturated rings. The summed E-state index contributed by atoms with van der Waals surface area (Å²) in [6.07, 6.45) is 0. The van der Waals surface area contributed by atoms with Gasteiger partial charge in [0.1, 0.15) is 11.5 Å². The smallest absolute Gasteiger partial charge is 0.314 e. The normalized spacial score (nSPS) is 13.5. The second-order valence-corrected chi connectivity index (χ2v) is 6.55. The highest BCUT2D eigenvalue weighted by atomic mass is 16.6. The van der Waals surface area contributed by atoms with Gasteiger partial charge in [0.05, 0.1) is 30.5 Å². The number of nitro groups is 1. The summed E-state index contributed by atoms with van der Waals surface area (Å²) in [5.74, 6) is -0.613. The lowest BCUT2D eigenvalue weighted by molar-refractivity contribution is -0.384. The summed E-state index contributed by atoms with van der Waals surface area (Å²) in [5.41, 5.74) is 0.777. The van der Waals surface area contributed by atoms with Crippen LogP contribution in [0.4, 0.5) is 17.1 Å². The molecule has 0 unspecified atom stereocenters. The van der Waals surface area contributed by atoms with Crippen molar-refractivity contribution in [3.63, 3.8) is 0 Å². The maximum atomic E-state index is 12.6. The molecule has 1 aliphatic rings. The van der Waals surface area contributed by atoms with E-state index >= 15 is 0 Å². The molecule has 0 bridgehead atoms. The van der Waals surface area contributed by atoms with Gasteiger partial charge in [0, 0.05) is 38.3 Å². The van der Waals surface area contributed by atoms with Gasteiger partial charge >= 0.3 is 11.8 Å². The van der Waals surface area contributed by atoms with Crippen molar-refractivity contribution >= 4 is 28.9 Å². The van der Waals surface area contributed by atoms with Crippen LogP contribution in [0.2, 0.25) is 0 Å². The minimum atomic E-state index is -0.875. The molecule has 2 amide bonds. The number of amides is 2. The number of nitrogens with zero attached hydrogens (tertiary/aromatic N) is 3. The molecule has 0 aromatic heterocycles. The fourth-order valence-electron chi connectivity index (χ4n) is 3.27. The van der Waals surface area contributed by atoms with E-state index in [4.69, 9.17) is 9.47 Å². The predicted molar refractivity (Wildman–Crippen MR) is 110 cm³/mol.